The van der Waals surface area contributed by atoms with Crippen LogP contribution >= 0.6 is 11.6 Å². The van der Waals surface area contributed by atoms with Gasteiger partial charge in [0.15, 0.2) is 0 Å². The Balaban J connectivity index is 1.66. The molecule has 0 saturated carbocycles. The highest BCUT2D eigenvalue weighted by atomic mass is 35.5. The molecular weight excluding hydrogens is 478 g/mol. The second kappa shape index (κ2) is 9.84. The molecule has 3 aromatic rings. The number of rotatable bonds is 9. The number of amides is 1. The molecule has 0 aliphatic rings. The van der Waals surface area contributed by atoms with Crippen LogP contribution in [0.1, 0.15) is 12.7 Å². The lowest BCUT2D eigenvalue weighted by molar-refractivity contribution is -0.117. The van der Waals surface area contributed by atoms with Crippen LogP contribution < -0.4 is 14.8 Å². The number of carbonyl (C=O) groups excluding carboxylic acids is 1. The lowest BCUT2D eigenvalue weighted by Gasteiger charge is -2.15. The van der Waals surface area contributed by atoms with Gasteiger partial charge in [0.1, 0.15) is 5.76 Å². The van der Waals surface area contributed by atoms with Crippen molar-refractivity contribution in [1.82, 2.24) is 9.44 Å². The Labute approximate surface area is 190 Å². The van der Waals surface area contributed by atoms with E-state index in [0.29, 0.717) is 10.8 Å². The van der Waals surface area contributed by atoms with Crippen molar-refractivity contribution in [3.05, 3.63) is 77.7 Å². The van der Waals surface area contributed by atoms with Crippen molar-refractivity contribution in [2.24, 2.45) is 0 Å². The van der Waals surface area contributed by atoms with Gasteiger partial charge in [0.05, 0.1) is 28.6 Å². The summed E-state index contributed by atoms with van der Waals surface area (Å²) >= 11 is 5.77. The van der Waals surface area contributed by atoms with E-state index in [0.717, 1.165) is 0 Å². The van der Waals surface area contributed by atoms with Gasteiger partial charge in [-0.05, 0) is 61.5 Å². The molecule has 32 heavy (non-hydrogen) atoms. The number of benzene rings is 2. The highest BCUT2D eigenvalue weighted by molar-refractivity contribution is 7.89. The van der Waals surface area contributed by atoms with Crippen LogP contribution in [-0.2, 0) is 31.4 Å². The van der Waals surface area contributed by atoms with Crippen LogP contribution in [0.15, 0.2) is 81.1 Å². The molecule has 0 aliphatic carbocycles. The summed E-state index contributed by atoms with van der Waals surface area (Å²) in [7, 11) is -7.82. The van der Waals surface area contributed by atoms with Gasteiger partial charge < -0.3 is 9.73 Å². The first-order valence-electron chi connectivity index (χ1n) is 9.28. The molecule has 3 rings (SSSR count). The molecule has 0 unspecified atom stereocenters. The number of carbonyl (C=O) groups is 1. The Hall–Kier alpha value is -2.70. The van der Waals surface area contributed by atoms with Gasteiger partial charge in [0, 0.05) is 10.7 Å². The lowest BCUT2D eigenvalue weighted by atomic mass is 10.3. The molecule has 3 N–H and O–H groups in total. The third kappa shape index (κ3) is 6.17. The van der Waals surface area contributed by atoms with Crippen molar-refractivity contribution in [3.63, 3.8) is 0 Å². The van der Waals surface area contributed by atoms with Crippen molar-refractivity contribution in [1.29, 1.82) is 0 Å². The SMILES string of the molecule is C[C@H](NS(=O)(=O)c1ccc(Cl)cc1)C(=O)Nc1cccc(S(=O)(=O)NCc2ccco2)c1. The average molecular weight is 498 g/mol. The Morgan fingerprint density at radius 2 is 1.69 bits per heavy atom. The van der Waals surface area contributed by atoms with Crippen molar-refractivity contribution >= 4 is 43.2 Å². The first kappa shape index (κ1) is 24.0. The van der Waals surface area contributed by atoms with Gasteiger partial charge >= 0.3 is 0 Å². The van der Waals surface area contributed by atoms with Crippen LogP contribution in [0.5, 0.6) is 0 Å². The molecule has 1 aromatic heterocycles. The van der Waals surface area contributed by atoms with Crippen LogP contribution in [0.4, 0.5) is 5.69 Å². The maximum absolute atomic E-state index is 12.5. The molecule has 1 atom stereocenters. The summed E-state index contributed by atoms with van der Waals surface area (Å²) in [5.41, 5.74) is 0.188. The summed E-state index contributed by atoms with van der Waals surface area (Å²) < 4.78 is 59.6. The van der Waals surface area contributed by atoms with E-state index < -0.39 is 32.0 Å². The van der Waals surface area contributed by atoms with Gasteiger partial charge in [-0.15, -0.1) is 0 Å². The third-order valence-corrected chi connectivity index (χ3v) is 7.49. The van der Waals surface area contributed by atoms with E-state index in [4.69, 9.17) is 16.0 Å². The minimum absolute atomic E-state index is 0.0323. The minimum Gasteiger partial charge on any atom is -0.468 e. The van der Waals surface area contributed by atoms with E-state index in [2.05, 4.69) is 14.8 Å². The lowest BCUT2D eigenvalue weighted by Crippen LogP contribution is -2.41. The van der Waals surface area contributed by atoms with Crippen LogP contribution in [-0.4, -0.2) is 28.8 Å². The molecule has 0 bridgehead atoms. The summed E-state index contributed by atoms with van der Waals surface area (Å²) in [5.74, 6) is -0.222. The standard InChI is InChI=1S/C20H20ClN3O6S2/c1-14(24-32(28,29)18-9-7-15(21)8-10-18)20(25)23-16-4-2-6-19(12-16)31(26,27)22-13-17-5-3-11-30-17/h2-12,14,22,24H,13H2,1H3,(H,23,25)/t14-/m0/s1. The molecular formula is C20H20ClN3O6S2. The topological polar surface area (TPSA) is 135 Å². The van der Waals surface area contributed by atoms with Crippen molar-refractivity contribution < 1.29 is 26.0 Å². The van der Waals surface area contributed by atoms with Crippen molar-refractivity contribution in [2.75, 3.05) is 5.32 Å². The Kier molecular flexibility index (Phi) is 7.36. The van der Waals surface area contributed by atoms with E-state index in [1.165, 1.54) is 61.7 Å². The zero-order valence-corrected chi connectivity index (χ0v) is 19.2. The van der Waals surface area contributed by atoms with E-state index in [-0.39, 0.29) is 22.0 Å². The largest absolute Gasteiger partial charge is 0.468 e. The van der Waals surface area contributed by atoms with Crippen LogP contribution in [0.2, 0.25) is 5.02 Å². The fourth-order valence-electron chi connectivity index (χ4n) is 2.62. The summed E-state index contributed by atoms with van der Waals surface area (Å²) in [6.07, 6.45) is 1.43. The fourth-order valence-corrected chi connectivity index (χ4v) is 4.99. The zero-order chi connectivity index (χ0) is 23.4. The Morgan fingerprint density at radius 1 is 0.969 bits per heavy atom. The van der Waals surface area contributed by atoms with E-state index >= 15 is 0 Å². The molecule has 0 spiro atoms. The van der Waals surface area contributed by atoms with E-state index in [1.54, 1.807) is 12.1 Å². The fraction of sp³-hybridized carbons (Fsp3) is 0.150. The molecule has 0 saturated heterocycles. The maximum Gasteiger partial charge on any atom is 0.242 e. The Bertz CT molecular complexity index is 1290. The number of anilines is 1. The number of hydrogen-bond acceptors (Lipinski definition) is 6. The second-order valence-corrected chi connectivity index (χ2v) is 10.6. The number of furan rings is 1. The van der Waals surface area contributed by atoms with Crippen LogP contribution in [0, 0.1) is 0 Å². The normalized spacial score (nSPS) is 12.9. The molecule has 2 aromatic carbocycles. The van der Waals surface area contributed by atoms with Gasteiger partial charge in [-0.1, -0.05) is 17.7 Å². The van der Waals surface area contributed by atoms with Gasteiger partial charge in [-0.2, -0.15) is 4.72 Å². The molecule has 12 heteroatoms. The quantitative estimate of drug-likeness (QED) is 0.416. The molecule has 170 valence electrons. The molecule has 0 aliphatic heterocycles. The third-order valence-electron chi connectivity index (χ3n) is 4.28. The number of nitrogens with one attached hydrogen (secondary N) is 3. The predicted molar refractivity (Wildman–Crippen MR) is 119 cm³/mol. The molecule has 1 heterocycles. The minimum atomic E-state index is -3.96. The smallest absolute Gasteiger partial charge is 0.242 e. The van der Waals surface area contributed by atoms with E-state index in [9.17, 15) is 21.6 Å². The number of halogens is 1. The zero-order valence-electron chi connectivity index (χ0n) is 16.8. The first-order valence-corrected chi connectivity index (χ1v) is 12.6. The molecule has 0 radical (unpaired) electrons. The number of sulfonamides is 2. The van der Waals surface area contributed by atoms with Gasteiger partial charge in [-0.25, -0.2) is 21.6 Å². The molecule has 9 nitrogen and oxygen atoms in total. The Morgan fingerprint density at radius 3 is 2.34 bits per heavy atom. The van der Waals surface area contributed by atoms with Crippen LogP contribution in [0.25, 0.3) is 0 Å². The predicted octanol–water partition coefficient (Wildman–Crippen LogP) is 2.72. The van der Waals surface area contributed by atoms with Crippen molar-refractivity contribution in [2.45, 2.75) is 29.3 Å². The second-order valence-electron chi connectivity index (χ2n) is 6.72. The summed E-state index contributed by atoms with van der Waals surface area (Å²) in [4.78, 5) is 12.4. The van der Waals surface area contributed by atoms with Gasteiger partial charge in [0.2, 0.25) is 26.0 Å². The van der Waals surface area contributed by atoms with E-state index in [1.807, 2.05) is 0 Å². The van der Waals surface area contributed by atoms with Crippen molar-refractivity contribution in [3.8, 4) is 0 Å². The highest BCUT2D eigenvalue weighted by Gasteiger charge is 2.23. The first-order chi connectivity index (χ1) is 15.1. The summed E-state index contributed by atoms with van der Waals surface area (Å²) in [6, 6.07) is 13.2. The van der Waals surface area contributed by atoms with Gasteiger partial charge in [-0.3, -0.25) is 4.79 Å². The summed E-state index contributed by atoms with van der Waals surface area (Å²) in [6.45, 7) is 1.34. The van der Waals surface area contributed by atoms with Crippen LogP contribution in [0.3, 0.4) is 0 Å². The van der Waals surface area contributed by atoms with Gasteiger partial charge in [0.25, 0.3) is 0 Å². The highest BCUT2D eigenvalue weighted by Crippen LogP contribution is 2.17. The molecule has 1 amide bonds. The average Bonchev–Trinajstić information content (AvgIpc) is 3.26. The monoisotopic (exact) mass is 497 g/mol. The molecule has 0 fully saturated rings. The number of hydrogen-bond donors (Lipinski definition) is 3. The summed E-state index contributed by atoms with van der Waals surface area (Å²) in [5, 5.41) is 2.89. The maximum atomic E-state index is 12.5.